The number of carbonyl (C=O) groups is 1. The number of aliphatic carboxylic acids is 1. The molecule has 2 aromatic heterocycles. The third-order valence-electron chi connectivity index (χ3n) is 4.55. The van der Waals surface area contributed by atoms with Gasteiger partial charge in [-0.2, -0.15) is 0 Å². The predicted molar refractivity (Wildman–Crippen MR) is 125 cm³/mol. The lowest BCUT2D eigenvalue weighted by atomic mass is 10.1. The molecular formula is C22H30Cl2N4O4. The van der Waals surface area contributed by atoms with Crippen LogP contribution in [0.15, 0.2) is 36.7 Å². The summed E-state index contributed by atoms with van der Waals surface area (Å²) in [4.78, 5) is 17.2. The van der Waals surface area contributed by atoms with E-state index in [1.54, 1.807) is 24.5 Å². The summed E-state index contributed by atoms with van der Waals surface area (Å²) >= 11 is 11.5. The Kier molecular flexibility index (Phi) is 12.1. The van der Waals surface area contributed by atoms with Gasteiger partial charge >= 0.3 is 0 Å². The molecule has 0 aliphatic carbocycles. The summed E-state index contributed by atoms with van der Waals surface area (Å²) in [6.07, 6.45) is 7.99. The average Bonchev–Trinajstić information content (AvgIpc) is 2.79. The molecule has 0 spiro atoms. The number of nitrogens with zero attached hydrogens (tertiary/aromatic N) is 2. The molecule has 32 heavy (non-hydrogen) atoms. The summed E-state index contributed by atoms with van der Waals surface area (Å²) in [7, 11) is 0. The van der Waals surface area contributed by atoms with Gasteiger partial charge < -0.3 is 25.2 Å². The van der Waals surface area contributed by atoms with Crippen LogP contribution < -0.4 is 20.1 Å². The number of ether oxygens (including phenoxy) is 2. The summed E-state index contributed by atoms with van der Waals surface area (Å²) in [5.41, 5.74) is 0. The molecule has 0 saturated carbocycles. The highest BCUT2D eigenvalue weighted by Crippen LogP contribution is 2.17. The van der Waals surface area contributed by atoms with Gasteiger partial charge in [0.2, 0.25) is 11.8 Å². The van der Waals surface area contributed by atoms with Crippen molar-refractivity contribution in [1.29, 1.82) is 0 Å². The molecule has 0 unspecified atom stereocenters. The first kappa shape index (κ1) is 26.1. The number of aromatic nitrogens is 2. The van der Waals surface area contributed by atoms with Gasteiger partial charge in [-0.05, 0) is 64.0 Å². The van der Waals surface area contributed by atoms with E-state index in [4.69, 9.17) is 42.6 Å². The van der Waals surface area contributed by atoms with Gasteiger partial charge in [0.05, 0.1) is 10.0 Å². The van der Waals surface area contributed by atoms with E-state index in [0.717, 1.165) is 58.8 Å². The number of carboxylic acids is 1. The van der Waals surface area contributed by atoms with Gasteiger partial charge in [-0.15, -0.1) is 0 Å². The van der Waals surface area contributed by atoms with Crippen molar-refractivity contribution in [3.05, 3.63) is 46.7 Å². The Bertz CT molecular complexity index is 716. The summed E-state index contributed by atoms with van der Waals surface area (Å²) in [5.74, 6) is 0.502. The molecule has 2 aliphatic rings. The van der Waals surface area contributed by atoms with Gasteiger partial charge in [-0.1, -0.05) is 23.2 Å². The van der Waals surface area contributed by atoms with E-state index in [2.05, 4.69) is 20.6 Å². The number of nitrogens with one attached hydrogen (secondary N) is 2. The molecule has 0 aromatic carbocycles. The van der Waals surface area contributed by atoms with Gasteiger partial charge in [0, 0.05) is 31.5 Å². The number of rotatable bonds is 4. The predicted octanol–water partition coefficient (Wildman–Crippen LogP) is 3.82. The Balaban J connectivity index is 0.000000195. The average molecular weight is 485 g/mol. The topological polar surface area (TPSA) is 106 Å². The number of pyridine rings is 2. The second-order valence-electron chi connectivity index (χ2n) is 7.28. The van der Waals surface area contributed by atoms with E-state index in [1.807, 2.05) is 12.1 Å². The van der Waals surface area contributed by atoms with Gasteiger partial charge in [0.1, 0.15) is 12.2 Å². The van der Waals surface area contributed by atoms with Crippen molar-refractivity contribution in [2.24, 2.45) is 0 Å². The summed E-state index contributed by atoms with van der Waals surface area (Å²) in [5, 5.41) is 15.3. The zero-order valence-electron chi connectivity index (χ0n) is 18.1. The number of hydrogen-bond acceptors (Lipinski definition) is 7. The lowest BCUT2D eigenvalue weighted by molar-refractivity contribution is -0.134. The second kappa shape index (κ2) is 14.8. The summed E-state index contributed by atoms with van der Waals surface area (Å²) < 4.78 is 11.4. The minimum absolute atomic E-state index is 0.296. The van der Waals surface area contributed by atoms with Gasteiger partial charge in [-0.25, -0.2) is 9.97 Å². The molecule has 0 radical (unpaired) electrons. The highest BCUT2D eigenvalue weighted by molar-refractivity contribution is 6.30. The van der Waals surface area contributed by atoms with Crippen LogP contribution in [0.1, 0.15) is 32.6 Å². The maximum absolute atomic E-state index is 9.00. The first-order chi connectivity index (χ1) is 15.4. The fourth-order valence-corrected chi connectivity index (χ4v) is 3.26. The third kappa shape index (κ3) is 11.5. The molecule has 2 saturated heterocycles. The maximum atomic E-state index is 9.00. The third-order valence-corrected chi connectivity index (χ3v) is 4.99. The molecule has 2 aliphatic heterocycles. The molecule has 0 amide bonds. The zero-order chi connectivity index (χ0) is 23.2. The standard InChI is InChI=1S/2C10H13ClN2O.C2H4O2/c2*11-8-1-2-10(13-7-8)14-9-3-5-12-6-4-9;1-2(3)4/h2*1-2,7,9,12H,3-6H2;1H3,(H,3,4). The molecule has 4 heterocycles. The Morgan fingerprint density at radius 1 is 0.844 bits per heavy atom. The molecule has 176 valence electrons. The highest BCUT2D eigenvalue weighted by atomic mass is 35.5. The number of halogens is 2. The SMILES string of the molecule is CC(=O)O.Clc1ccc(OC2CCNCC2)nc1.Clc1ccc(OC2CCNCC2)nc1. The summed E-state index contributed by atoms with van der Waals surface area (Å²) in [6, 6.07) is 7.21. The normalized spacial score (nSPS) is 16.6. The second-order valence-corrected chi connectivity index (χ2v) is 8.16. The molecule has 2 aromatic rings. The van der Waals surface area contributed by atoms with E-state index < -0.39 is 5.97 Å². The van der Waals surface area contributed by atoms with Crippen LogP contribution in [-0.2, 0) is 4.79 Å². The molecule has 4 rings (SSSR count). The van der Waals surface area contributed by atoms with E-state index in [9.17, 15) is 0 Å². The lowest BCUT2D eigenvalue weighted by Crippen LogP contribution is -2.34. The largest absolute Gasteiger partial charge is 0.481 e. The summed E-state index contributed by atoms with van der Waals surface area (Å²) in [6.45, 7) is 5.19. The van der Waals surface area contributed by atoms with Crippen LogP contribution in [-0.4, -0.2) is 59.4 Å². The fraction of sp³-hybridized carbons (Fsp3) is 0.500. The smallest absolute Gasteiger partial charge is 0.300 e. The molecule has 10 heteroatoms. The van der Waals surface area contributed by atoms with Crippen molar-refractivity contribution < 1.29 is 19.4 Å². The van der Waals surface area contributed by atoms with Gasteiger partial charge in [-0.3, -0.25) is 4.79 Å². The van der Waals surface area contributed by atoms with Crippen LogP contribution in [0.25, 0.3) is 0 Å². The van der Waals surface area contributed by atoms with Crippen LogP contribution in [0.5, 0.6) is 11.8 Å². The Morgan fingerprint density at radius 2 is 1.19 bits per heavy atom. The van der Waals surface area contributed by atoms with Crippen LogP contribution in [0.4, 0.5) is 0 Å². The molecule has 0 atom stereocenters. The highest BCUT2D eigenvalue weighted by Gasteiger charge is 2.15. The van der Waals surface area contributed by atoms with Crippen LogP contribution in [0, 0.1) is 0 Å². The molecule has 8 nitrogen and oxygen atoms in total. The van der Waals surface area contributed by atoms with Crippen molar-refractivity contribution in [3.8, 4) is 11.8 Å². The number of hydrogen-bond donors (Lipinski definition) is 3. The molecule has 0 bridgehead atoms. The Hall–Kier alpha value is -2.13. The van der Waals surface area contributed by atoms with Gasteiger partial charge in [0.15, 0.2) is 0 Å². The van der Waals surface area contributed by atoms with Crippen LogP contribution in [0.3, 0.4) is 0 Å². The minimum Gasteiger partial charge on any atom is -0.481 e. The molecular weight excluding hydrogens is 455 g/mol. The van der Waals surface area contributed by atoms with E-state index in [1.165, 1.54) is 0 Å². The van der Waals surface area contributed by atoms with E-state index in [-0.39, 0.29) is 0 Å². The van der Waals surface area contributed by atoms with E-state index in [0.29, 0.717) is 34.0 Å². The quantitative estimate of drug-likeness (QED) is 0.601. The monoisotopic (exact) mass is 484 g/mol. The van der Waals surface area contributed by atoms with Crippen LogP contribution >= 0.6 is 23.2 Å². The first-order valence-corrected chi connectivity index (χ1v) is 11.4. The van der Waals surface area contributed by atoms with Crippen molar-refractivity contribution in [3.63, 3.8) is 0 Å². The van der Waals surface area contributed by atoms with Crippen LogP contribution in [0.2, 0.25) is 10.0 Å². The maximum Gasteiger partial charge on any atom is 0.300 e. The van der Waals surface area contributed by atoms with Crippen molar-refractivity contribution >= 4 is 29.2 Å². The van der Waals surface area contributed by atoms with Crippen molar-refractivity contribution in [1.82, 2.24) is 20.6 Å². The Labute approximate surface area is 198 Å². The van der Waals surface area contributed by atoms with Gasteiger partial charge in [0.25, 0.3) is 5.97 Å². The number of carboxylic acid groups (broad SMARTS) is 1. The number of piperidine rings is 2. The van der Waals surface area contributed by atoms with E-state index >= 15 is 0 Å². The van der Waals surface area contributed by atoms with Crippen molar-refractivity contribution in [2.45, 2.75) is 44.8 Å². The zero-order valence-corrected chi connectivity index (χ0v) is 19.6. The molecule has 3 N–H and O–H groups in total. The minimum atomic E-state index is -0.833. The fourth-order valence-electron chi connectivity index (χ4n) is 3.03. The lowest BCUT2D eigenvalue weighted by Gasteiger charge is -2.23. The van der Waals surface area contributed by atoms with Crippen molar-refractivity contribution in [2.75, 3.05) is 26.2 Å². The first-order valence-electron chi connectivity index (χ1n) is 10.6. The molecule has 2 fully saturated rings. The Morgan fingerprint density at radius 3 is 1.47 bits per heavy atom.